The summed E-state index contributed by atoms with van der Waals surface area (Å²) in [5, 5.41) is 23.6. The number of nitrogens with zero attached hydrogens (tertiary/aromatic N) is 2. The first-order valence-corrected chi connectivity index (χ1v) is 21.3. The molecular weight excluding hydrogens is 769 g/mol. The first-order chi connectivity index (χ1) is 31.2. The average molecular weight is 801 g/mol. The molecule has 4 nitrogen and oxygen atoms in total. The highest BCUT2D eigenvalue weighted by Crippen LogP contribution is 2.50. The maximum Gasteiger partial charge on any atom is 0.143 e. The zero-order valence-electron chi connectivity index (χ0n) is 33.7. The molecule has 0 atom stereocenters. The molecule has 0 amide bonds. The van der Waals surface area contributed by atoms with Gasteiger partial charge in [0.15, 0.2) is 0 Å². The Kier molecular flexibility index (Phi) is 6.87. The molecule has 0 radical (unpaired) electrons. The maximum atomic E-state index is 10.3. The Morgan fingerprint density at radius 2 is 0.873 bits per heavy atom. The van der Waals surface area contributed by atoms with Crippen LogP contribution in [-0.4, -0.2) is 4.57 Å². The molecule has 0 fully saturated rings. The molecule has 0 N–H and O–H groups in total. The van der Waals surface area contributed by atoms with Crippen molar-refractivity contribution in [1.29, 1.82) is 5.26 Å². The van der Waals surface area contributed by atoms with E-state index in [-0.39, 0.29) is 0 Å². The van der Waals surface area contributed by atoms with Gasteiger partial charge in [-0.1, -0.05) is 146 Å². The van der Waals surface area contributed by atoms with Crippen LogP contribution in [0.1, 0.15) is 5.56 Å². The lowest BCUT2D eigenvalue weighted by atomic mass is 9.83. The standard InChI is InChI=1S/C59H32N2O2/c60-33-35-25-30-50-56-38(35)27-28-43-37(29-31-51(57(43)56)61(50)36-12-2-1-3-13-36)34-24-26-44-49(32-34)55(48-21-11-19-46-40-15-7-9-23-53(40)63-59(46)48)42-17-5-4-16-41(42)54(44)47-20-10-18-45-39-14-6-8-22-52(39)62-58(45)47/h1-32H. The summed E-state index contributed by atoms with van der Waals surface area (Å²) in [5.41, 5.74) is 14.0. The first kappa shape index (κ1) is 34.1. The second kappa shape index (κ2) is 12.7. The third-order valence-corrected chi connectivity index (χ3v) is 13.4. The summed E-state index contributed by atoms with van der Waals surface area (Å²) in [6.07, 6.45) is 0. The summed E-state index contributed by atoms with van der Waals surface area (Å²) in [4.78, 5) is 0. The number of fused-ring (bicyclic) bond motifs is 8. The number of furan rings is 2. The van der Waals surface area contributed by atoms with Gasteiger partial charge in [-0.15, -0.1) is 0 Å². The molecule has 290 valence electrons. The number of aromatic nitrogens is 1. The van der Waals surface area contributed by atoms with Gasteiger partial charge in [-0.25, -0.2) is 0 Å². The van der Waals surface area contributed by atoms with Gasteiger partial charge in [0.2, 0.25) is 0 Å². The largest absolute Gasteiger partial charge is 0.455 e. The average Bonchev–Trinajstić information content (AvgIpc) is 4.03. The van der Waals surface area contributed by atoms with Gasteiger partial charge in [0.05, 0.1) is 22.7 Å². The van der Waals surface area contributed by atoms with Crippen molar-refractivity contribution in [2.75, 3.05) is 0 Å². The molecule has 0 aliphatic heterocycles. The molecule has 0 aliphatic rings. The fraction of sp³-hybridized carbons (Fsp3) is 0. The van der Waals surface area contributed by atoms with Crippen LogP contribution in [0.15, 0.2) is 203 Å². The molecule has 63 heavy (non-hydrogen) atoms. The maximum absolute atomic E-state index is 10.3. The number of nitriles is 1. The van der Waals surface area contributed by atoms with Gasteiger partial charge in [0.25, 0.3) is 0 Å². The Hall–Kier alpha value is -8.65. The van der Waals surface area contributed by atoms with E-state index in [1.807, 2.05) is 24.3 Å². The van der Waals surface area contributed by atoms with Crippen molar-refractivity contribution in [2.45, 2.75) is 0 Å². The molecule has 3 aromatic heterocycles. The van der Waals surface area contributed by atoms with Crippen LogP contribution in [0.4, 0.5) is 0 Å². The van der Waals surface area contributed by atoms with E-state index >= 15 is 0 Å². The third kappa shape index (κ3) is 4.63. The Labute approximate surface area is 360 Å². The summed E-state index contributed by atoms with van der Waals surface area (Å²) < 4.78 is 15.9. The van der Waals surface area contributed by atoms with Gasteiger partial charge >= 0.3 is 0 Å². The van der Waals surface area contributed by atoms with Crippen molar-refractivity contribution in [2.24, 2.45) is 0 Å². The Morgan fingerprint density at radius 1 is 0.365 bits per heavy atom. The summed E-state index contributed by atoms with van der Waals surface area (Å²) in [5.74, 6) is 0. The van der Waals surface area contributed by atoms with E-state index in [9.17, 15) is 5.26 Å². The molecule has 11 aromatic carbocycles. The normalized spacial score (nSPS) is 12.1. The fourth-order valence-electron chi connectivity index (χ4n) is 10.8. The molecule has 14 rings (SSSR count). The van der Waals surface area contributed by atoms with E-state index in [0.29, 0.717) is 5.56 Å². The lowest BCUT2D eigenvalue weighted by Gasteiger charge is -2.19. The fourth-order valence-corrected chi connectivity index (χ4v) is 10.8. The molecule has 0 bridgehead atoms. The highest BCUT2D eigenvalue weighted by atomic mass is 16.3. The number of hydrogen-bond donors (Lipinski definition) is 0. The smallest absolute Gasteiger partial charge is 0.143 e. The van der Waals surface area contributed by atoms with Crippen molar-refractivity contribution < 1.29 is 8.83 Å². The summed E-state index contributed by atoms with van der Waals surface area (Å²) in [7, 11) is 0. The van der Waals surface area contributed by atoms with E-state index in [4.69, 9.17) is 8.83 Å². The van der Waals surface area contributed by atoms with Crippen molar-refractivity contribution >= 4 is 98.0 Å². The van der Waals surface area contributed by atoms with E-state index in [1.165, 1.54) is 0 Å². The summed E-state index contributed by atoms with van der Waals surface area (Å²) in [6.45, 7) is 0. The van der Waals surface area contributed by atoms with E-state index < -0.39 is 0 Å². The van der Waals surface area contributed by atoms with Gasteiger partial charge in [-0.05, 0) is 86.6 Å². The van der Waals surface area contributed by atoms with Crippen LogP contribution in [0.3, 0.4) is 0 Å². The van der Waals surface area contributed by atoms with Crippen LogP contribution >= 0.6 is 0 Å². The summed E-state index contributed by atoms with van der Waals surface area (Å²) in [6, 6.07) is 71.4. The Bertz CT molecular complexity index is 4270. The highest BCUT2D eigenvalue weighted by Gasteiger charge is 2.25. The topological polar surface area (TPSA) is 55.0 Å². The van der Waals surface area contributed by atoms with Crippen molar-refractivity contribution in [3.63, 3.8) is 0 Å². The van der Waals surface area contributed by atoms with Crippen LogP contribution in [0, 0.1) is 11.3 Å². The molecule has 0 unspecified atom stereocenters. The van der Waals surface area contributed by atoms with Crippen LogP contribution in [0.25, 0.3) is 137 Å². The monoisotopic (exact) mass is 800 g/mol. The molecule has 0 saturated heterocycles. The number of rotatable bonds is 4. The zero-order chi connectivity index (χ0) is 41.3. The molecular formula is C59H32N2O2. The molecule has 4 heteroatoms. The van der Waals surface area contributed by atoms with E-state index in [1.54, 1.807) is 0 Å². The number of hydrogen-bond acceptors (Lipinski definition) is 3. The van der Waals surface area contributed by atoms with E-state index in [2.05, 4.69) is 180 Å². The van der Waals surface area contributed by atoms with Gasteiger partial charge in [-0.3, -0.25) is 0 Å². The lowest BCUT2D eigenvalue weighted by Crippen LogP contribution is -1.93. The molecule has 14 aromatic rings. The van der Waals surface area contributed by atoms with Gasteiger partial charge in [0, 0.05) is 65.6 Å². The third-order valence-electron chi connectivity index (χ3n) is 13.4. The van der Waals surface area contributed by atoms with Gasteiger partial charge in [0.1, 0.15) is 22.3 Å². The first-order valence-electron chi connectivity index (χ1n) is 21.3. The minimum atomic E-state index is 0.677. The van der Waals surface area contributed by atoms with Crippen molar-refractivity contribution in [3.8, 4) is 45.1 Å². The SMILES string of the molecule is N#Cc1ccc2c3c1ccc1c(-c4ccc5c(-c6cccc7c6oc6ccccc67)c6ccccc6c(-c6cccc7c6oc6ccccc67)c5c4)ccc(c13)n2-c1ccccc1. The molecule has 0 aliphatic carbocycles. The number of para-hydroxylation sites is 5. The lowest BCUT2D eigenvalue weighted by molar-refractivity contribution is 0.669. The van der Waals surface area contributed by atoms with Crippen LogP contribution < -0.4 is 0 Å². The van der Waals surface area contributed by atoms with Crippen molar-refractivity contribution in [3.05, 3.63) is 200 Å². The van der Waals surface area contributed by atoms with Crippen LogP contribution in [0.2, 0.25) is 0 Å². The minimum Gasteiger partial charge on any atom is -0.455 e. The molecule has 0 spiro atoms. The Balaban J connectivity index is 1.12. The summed E-state index contributed by atoms with van der Waals surface area (Å²) >= 11 is 0. The number of benzene rings is 11. The highest BCUT2D eigenvalue weighted by molar-refractivity contribution is 6.29. The predicted octanol–water partition coefficient (Wildman–Crippen LogP) is 16.4. The molecule has 0 saturated carbocycles. The van der Waals surface area contributed by atoms with Crippen LogP contribution in [0.5, 0.6) is 0 Å². The van der Waals surface area contributed by atoms with Crippen molar-refractivity contribution in [1.82, 2.24) is 4.57 Å². The minimum absolute atomic E-state index is 0.677. The Morgan fingerprint density at radius 3 is 1.52 bits per heavy atom. The molecule has 3 heterocycles. The van der Waals surface area contributed by atoms with Gasteiger partial charge < -0.3 is 13.4 Å². The van der Waals surface area contributed by atoms with Crippen LogP contribution in [-0.2, 0) is 0 Å². The second-order valence-electron chi connectivity index (χ2n) is 16.6. The van der Waals surface area contributed by atoms with Gasteiger partial charge in [-0.2, -0.15) is 5.26 Å². The van der Waals surface area contributed by atoms with E-state index in [0.717, 1.165) is 137 Å². The quantitative estimate of drug-likeness (QED) is 0.132. The predicted molar refractivity (Wildman–Crippen MR) is 260 cm³/mol. The second-order valence-corrected chi connectivity index (χ2v) is 16.6. The zero-order valence-corrected chi connectivity index (χ0v) is 33.7.